The molecule has 0 saturated carbocycles. The normalized spacial score (nSPS) is 14.1. The predicted octanol–water partition coefficient (Wildman–Crippen LogP) is 21.2. The first-order chi connectivity index (χ1) is 44.4. The highest BCUT2D eigenvalue weighted by atomic mass is 31.2. The van der Waals surface area contributed by atoms with Crippen LogP contribution in [0.15, 0.2) is 0 Å². The molecule has 0 spiro atoms. The van der Waals surface area contributed by atoms with Crippen molar-refractivity contribution in [1.82, 2.24) is 0 Å². The Morgan fingerprint density at radius 1 is 0.293 bits per heavy atom. The summed E-state index contributed by atoms with van der Waals surface area (Å²) in [6.45, 7) is 9.52. The molecule has 0 saturated heterocycles. The molecule has 0 aromatic carbocycles. The van der Waals surface area contributed by atoms with Crippen molar-refractivity contribution in [3.05, 3.63) is 0 Å². The maximum Gasteiger partial charge on any atom is 0.472 e. The molecule has 17 nitrogen and oxygen atoms in total. The number of unbranched alkanes of at least 4 members (excludes halogenated alkanes) is 42. The molecule has 546 valence electrons. The van der Waals surface area contributed by atoms with Crippen LogP contribution in [0.2, 0.25) is 0 Å². The quantitative estimate of drug-likeness (QED) is 0.0222. The van der Waals surface area contributed by atoms with Crippen molar-refractivity contribution < 1.29 is 80.2 Å². The molecule has 0 heterocycles. The zero-order valence-corrected chi connectivity index (χ0v) is 61.6. The van der Waals surface area contributed by atoms with Gasteiger partial charge in [0.2, 0.25) is 0 Å². The second kappa shape index (κ2) is 65.0. The van der Waals surface area contributed by atoms with E-state index in [1.54, 1.807) is 0 Å². The Hall–Kier alpha value is -1.94. The second-order valence-corrected chi connectivity index (χ2v) is 30.2. The lowest BCUT2D eigenvalue weighted by molar-refractivity contribution is -0.161. The SMILES string of the molecule is CCCCCCCCCCCCCCCCCCC(=O)O[C@H](COC(=O)CCCCCCCCCCCCC(C)C)COP(=O)(O)OC[C@@H](O)COP(=O)(O)OC[C@@H](COC(=O)CCCCCCCCCC(C)C)OC(=O)CCCCCCCCCCCCCCC. The van der Waals surface area contributed by atoms with Gasteiger partial charge in [-0.3, -0.25) is 37.3 Å². The minimum atomic E-state index is -4.95. The largest absolute Gasteiger partial charge is 0.472 e. The number of aliphatic hydroxyl groups excluding tert-OH is 1. The molecule has 92 heavy (non-hydrogen) atoms. The van der Waals surface area contributed by atoms with Crippen LogP contribution in [0.3, 0.4) is 0 Å². The molecular weight excluding hydrogens is 1210 g/mol. The van der Waals surface area contributed by atoms with Crippen LogP contribution in [0.4, 0.5) is 0 Å². The van der Waals surface area contributed by atoms with Crippen molar-refractivity contribution in [2.24, 2.45) is 11.8 Å². The van der Waals surface area contributed by atoms with Crippen molar-refractivity contribution in [2.75, 3.05) is 39.6 Å². The Bertz CT molecular complexity index is 1790. The van der Waals surface area contributed by atoms with Gasteiger partial charge < -0.3 is 33.8 Å². The average Bonchev–Trinajstić information content (AvgIpc) is 3.13. The number of aliphatic hydroxyl groups is 1. The smallest absolute Gasteiger partial charge is 0.462 e. The lowest BCUT2D eigenvalue weighted by atomic mass is 10.0. The van der Waals surface area contributed by atoms with E-state index >= 15 is 0 Å². The van der Waals surface area contributed by atoms with Gasteiger partial charge in [0.25, 0.3) is 0 Å². The first-order valence-electron chi connectivity index (χ1n) is 38.0. The summed E-state index contributed by atoms with van der Waals surface area (Å²) in [7, 11) is -9.91. The summed E-state index contributed by atoms with van der Waals surface area (Å²) < 4.78 is 68.4. The van der Waals surface area contributed by atoms with E-state index in [2.05, 4.69) is 41.5 Å². The van der Waals surface area contributed by atoms with Crippen LogP contribution in [0.1, 0.15) is 375 Å². The second-order valence-electron chi connectivity index (χ2n) is 27.3. The third-order valence-corrected chi connectivity index (χ3v) is 18.9. The zero-order chi connectivity index (χ0) is 67.9. The van der Waals surface area contributed by atoms with Gasteiger partial charge in [-0.05, 0) is 37.5 Å². The van der Waals surface area contributed by atoms with E-state index in [0.29, 0.717) is 31.6 Å². The number of phosphoric ester groups is 2. The highest BCUT2D eigenvalue weighted by Crippen LogP contribution is 2.45. The lowest BCUT2D eigenvalue weighted by Crippen LogP contribution is -2.30. The van der Waals surface area contributed by atoms with E-state index in [-0.39, 0.29) is 25.7 Å². The van der Waals surface area contributed by atoms with Crippen LogP contribution in [-0.2, 0) is 65.4 Å². The van der Waals surface area contributed by atoms with Gasteiger partial charge in [0.05, 0.1) is 26.4 Å². The van der Waals surface area contributed by atoms with Crippen LogP contribution < -0.4 is 0 Å². The molecule has 0 aliphatic carbocycles. The minimum Gasteiger partial charge on any atom is -0.462 e. The molecule has 0 bridgehead atoms. The maximum atomic E-state index is 13.1. The standard InChI is InChI=1S/C73H142O17P2/c1-7-9-11-13-15-17-19-21-22-23-25-27-33-39-46-52-58-73(78)89-68(61-83-70(75)55-49-43-37-31-29-28-30-35-41-47-53-65(3)4)63-87-91(79,80)85-59-67(74)60-86-92(81,82)88-64-69(62-84-71(76)56-50-44-40-34-36-42-48-54-66(5)6)90-72(77)57-51-45-38-32-26-24-20-18-16-14-12-10-8-2/h65-69,74H,7-64H2,1-6H3,(H,79,80)(H,81,82)/t67-,68-,69-/m1/s1. The molecule has 19 heteroatoms. The Morgan fingerprint density at radius 2 is 0.500 bits per heavy atom. The number of carbonyl (C=O) groups is 4. The van der Waals surface area contributed by atoms with Gasteiger partial charge in [0.1, 0.15) is 19.3 Å². The van der Waals surface area contributed by atoms with Gasteiger partial charge in [0, 0.05) is 25.7 Å². The molecule has 0 aliphatic rings. The third-order valence-electron chi connectivity index (χ3n) is 17.0. The van der Waals surface area contributed by atoms with Gasteiger partial charge in [0.15, 0.2) is 12.2 Å². The minimum absolute atomic E-state index is 0.107. The van der Waals surface area contributed by atoms with Crippen LogP contribution in [0.5, 0.6) is 0 Å². The monoisotopic (exact) mass is 1350 g/mol. The van der Waals surface area contributed by atoms with Crippen molar-refractivity contribution in [3.8, 4) is 0 Å². The molecular formula is C73H142O17P2. The van der Waals surface area contributed by atoms with E-state index in [1.807, 2.05) is 0 Å². The fourth-order valence-electron chi connectivity index (χ4n) is 11.1. The molecule has 0 aromatic heterocycles. The van der Waals surface area contributed by atoms with E-state index in [9.17, 15) is 43.2 Å². The summed E-state index contributed by atoms with van der Waals surface area (Å²) in [5.41, 5.74) is 0. The van der Waals surface area contributed by atoms with Crippen molar-refractivity contribution in [1.29, 1.82) is 0 Å². The number of rotatable bonds is 72. The van der Waals surface area contributed by atoms with E-state index in [4.69, 9.17) is 37.0 Å². The number of esters is 4. The summed E-state index contributed by atoms with van der Waals surface area (Å²) in [5, 5.41) is 10.6. The highest BCUT2D eigenvalue weighted by molar-refractivity contribution is 7.47. The summed E-state index contributed by atoms with van der Waals surface area (Å²) in [6, 6.07) is 0. The first-order valence-corrected chi connectivity index (χ1v) is 41.0. The summed E-state index contributed by atoms with van der Waals surface area (Å²) in [5.74, 6) is -0.655. The molecule has 0 fully saturated rings. The fraction of sp³-hybridized carbons (Fsp3) is 0.945. The lowest BCUT2D eigenvalue weighted by Gasteiger charge is -2.21. The number of hydrogen-bond donors (Lipinski definition) is 3. The van der Waals surface area contributed by atoms with Gasteiger partial charge >= 0.3 is 39.5 Å². The molecule has 3 N–H and O–H groups in total. The third kappa shape index (κ3) is 66.7. The van der Waals surface area contributed by atoms with Gasteiger partial charge in [-0.2, -0.15) is 0 Å². The predicted molar refractivity (Wildman–Crippen MR) is 372 cm³/mol. The Labute approximate surface area is 562 Å². The van der Waals surface area contributed by atoms with Crippen molar-refractivity contribution in [2.45, 2.75) is 394 Å². The van der Waals surface area contributed by atoms with Crippen molar-refractivity contribution >= 4 is 39.5 Å². The van der Waals surface area contributed by atoms with Crippen LogP contribution in [0.25, 0.3) is 0 Å². The van der Waals surface area contributed by atoms with Gasteiger partial charge in [-0.15, -0.1) is 0 Å². The maximum absolute atomic E-state index is 13.1. The first kappa shape index (κ1) is 90.1. The van der Waals surface area contributed by atoms with Crippen LogP contribution in [-0.4, -0.2) is 96.7 Å². The van der Waals surface area contributed by atoms with E-state index in [1.165, 1.54) is 186 Å². The Morgan fingerprint density at radius 3 is 0.739 bits per heavy atom. The number of phosphoric acid groups is 2. The molecule has 2 unspecified atom stereocenters. The Kier molecular flexibility index (Phi) is 63.7. The molecule has 0 aliphatic heterocycles. The molecule has 0 amide bonds. The number of hydrogen-bond acceptors (Lipinski definition) is 15. The molecule has 0 radical (unpaired) electrons. The number of carbonyl (C=O) groups excluding carboxylic acids is 4. The van der Waals surface area contributed by atoms with Crippen LogP contribution in [0, 0.1) is 11.8 Å². The highest BCUT2D eigenvalue weighted by Gasteiger charge is 2.30. The topological polar surface area (TPSA) is 237 Å². The summed E-state index contributed by atoms with van der Waals surface area (Å²) >= 11 is 0. The van der Waals surface area contributed by atoms with E-state index < -0.39 is 97.5 Å². The van der Waals surface area contributed by atoms with Crippen LogP contribution >= 0.6 is 15.6 Å². The number of ether oxygens (including phenoxy) is 4. The summed E-state index contributed by atoms with van der Waals surface area (Å²) in [6.07, 6.45) is 51.3. The molecule has 0 rings (SSSR count). The fourth-order valence-corrected chi connectivity index (χ4v) is 12.7. The van der Waals surface area contributed by atoms with E-state index in [0.717, 1.165) is 102 Å². The van der Waals surface area contributed by atoms with Gasteiger partial charge in [-0.25, -0.2) is 9.13 Å². The average molecular weight is 1350 g/mol. The Balaban J connectivity index is 5.25. The molecule has 5 atom stereocenters. The van der Waals surface area contributed by atoms with Gasteiger partial charge in [-0.1, -0.05) is 324 Å². The van der Waals surface area contributed by atoms with Crippen molar-refractivity contribution in [3.63, 3.8) is 0 Å². The summed E-state index contributed by atoms with van der Waals surface area (Å²) in [4.78, 5) is 72.7. The molecule has 0 aromatic rings. The zero-order valence-electron chi connectivity index (χ0n) is 59.9.